The Bertz CT molecular complexity index is 751. The summed E-state index contributed by atoms with van der Waals surface area (Å²) in [6.45, 7) is 0.576. The predicted octanol–water partition coefficient (Wildman–Crippen LogP) is -0.734. The number of H-pyrrole nitrogens is 1. The second-order valence-corrected chi connectivity index (χ2v) is 5.26. The van der Waals surface area contributed by atoms with Gasteiger partial charge in [0.2, 0.25) is 5.95 Å². The number of nitrogens with one attached hydrogen (secondary N) is 1. The maximum Gasteiger partial charge on any atom is 0.252 e. The van der Waals surface area contributed by atoms with Crippen molar-refractivity contribution < 1.29 is 15.3 Å². The van der Waals surface area contributed by atoms with Gasteiger partial charge in [-0.1, -0.05) is 0 Å². The van der Waals surface area contributed by atoms with Crippen LogP contribution in [0.15, 0.2) is 29.1 Å². The molecule has 2 aromatic rings. The number of β-amino-alcohol motifs (C(OH)–C–C–N with tert-alkyl or cyclic N) is 2. The Hall–Kier alpha value is -2.58. The number of rotatable bonds is 2. The van der Waals surface area contributed by atoms with E-state index in [4.69, 9.17) is 5.73 Å². The Kier molecular flexibility index (Phi) is 3.47. The number of phenols is 1. The molecule has 0 radical (unpaired) electrons. The van der Waals surface area contributed by atoms with Gasteiger partial charge in [0.25, 0.3) is 5.56 Å². The summed E-state index contributed by atoms with van der Waals surface area (Å²) >= 11 is 0. The highest BCUT2D eigenvalue weighted by Crippen LogP contribution is 2.32. The fourth-order valence-corrected chi connectivity index (χ4v) is 2.52. The molecule has 1 fully saturated rings. The number of hydrogen-bond acceptors (Lipinski definition) is 7. The van der Waals surface area contributed by atoms with Crippen molar-refractivity contribution in [3.63, 3.8) is 0 Å². The summed E-state index contributed by atoms with van der Waals surface area (Å²) in [4.78, 5) is 19.6. The van der Waals surface area contributed by atoms with Crippen LogP contribution >= 0.6 is 0 Å². The molecule has 2 atom stereocenters. The van der Waals surface area contributed by atoms with Gasteiger partial charge in [-0.3, -0.25) is 9.78 Å². The molecule has 3 rings (SSSR count). The SMILES string of the molecule is Nc1nc(-c2cc(N3C[C@H](O)[C@@H](O)C3)ccc2O)cc(=O)[nH]1. The van der Waals surface area contributed by atoms with Crippen LogP contribution in [0.5, 0.6) is 5.75 Å². The van der Waals surface area contributed by atoms with Crippen LogP contribution in [0.4, 0.5) is 11.6 Å². The number of aromatic amines is 1. The summed E-state index contributed by atoms with van der Waals surface area (Å²) < 4.78 is 0. The Balaban J connectivity index is 2.02. The lowest BCUT2D eigenvalue weighted by atomic mass is 10.1. The van der Waals surface area contributed by atoms with E-state index in [1.54, 1.807) is 17.0 Å². The minimum absolute atomic E-state index is 0.0402. The van der Waals surface area contributed by atoms with E-state index < -0.39 is 17.8 Å². The van der Waals surface area contributed by atoms with E-state index in [2.05, 4.69) is 9.97 Å². The molecule has 1 aromatic heterocycles. The van der Waals surface area contributed by atoms with Gasteiger partial charge >= 0.3 is 0 Å². The number of nitrogens with two attached hydrogens (primary N) is 1. The van der Waals surface area contributed by atoms with Gasteiger partial charge in [-0.25, -0.2) is 4.98 Å². The molecule has 6 N–H and O–H groups in total. The second-order valence-electron chi connectivity index (χ2n) is 5.26. The quantitative estimate of drug-likeness (QED) is 0.493. The summed E-state index contributed by atoms with van der Waals surface area (Å²) in [6, 6.07) is 6.02. The molecule has 0 amide bonds. The first-order valence-electron chi connectivity index (χ1n) is 6.75. The largest absolute Gasteiger partial charge is 0.507 e. The van der Waals surface area contributed by atoms with Crippen molar-refractivity contribution in [1.29, 1.82) is 0 Å². The van der Waals surface area contributed by atoms with Crippen molar-refractivity contribution in [2.75, 3.05) is 23.7 Å². The smallest absolute Gasteiger partial charge is 0.252 e. The Morgan fingerprint density at radius 3 is 2.55 bits per heavy atom. The molecule has 0 saturated carbocycles. The average molecular weight is 304 g/mol. The monoisotopic (exact) mass is 304 g/mol. The molecule has 116 valence electrons. The third kappa shape index (κ3) is 2.61. The minimum atomic E-state index is -0.814. The number of nitrogen functional groups attached to an aromatic ring is 1. The molecule has 1 saturated heterocycles. The summed E-state index contributed by atoms with van der Waals surface area (Å²) in [5.41, 5.74) is 6.40. The number of aromatic hydroxyl groups is 1. The Labute approximate surface area is 125 Å². The fourth-order valence-electron chi connectivity index (χ4n) is 2.52. The molecular weight excluding hydrogens is 288 g/mol. The summed E-state index contributed by atoms with van der Waals surface area (Å²) in [6.07, 6.45) is -1.63. The van der Waals surface area contributed by atoms with Crippen LogP contribution < -0.4 is 16.2 Å². The second kappa shape index (κ2) is 5.32. The van der Waals surface area contributed by atoms with Gasteiger partial charge in [-0.2, -0.15) is 0 Å². The third-order valence-electron chi connectivity index (χ3n) is 3.64. The van der Waals surface area contributed by atoms with Gasteiger partial charge < -0.3 is 26.0 Å². The van der Waals surface area contributed by atoms with Crippen LogP contribution in [0.2, 0.25) is 0 Å². The van der Waals surface area contributed by atoms with Crippen molar-refractivity contribution in [2.24, 2.45) is 0 Å². The van der Waals surface area contributed by atoms with Gasteiger partial charge in [-0.15, -0.1) is 0 Å². The zero-order valence-electron chi connectivity index (χ0n) is 11.6. The van der Waals surface area contributed by atoms with E-state index in [1.165, 1.54) is 12.1 Å². The average Bonchev–Trinajstić information content (AvgIpc) is 2.78. The highest BCUT2D eigenvalue weighted by Gasteiger charge is 2.30. The zero-order valence-corrected chi connectivity index (χ0v) is 11.6. The Morgan fingerprint density at radius 2 is 1.91 bits per heavy atom. The number of hydrogen-bond donors (Lipinski definition) is 5. The van der Waals surface area contributed by atoms with Crippen LogP contribution in [0.3, 0.4) is 0 Å². The van der Waals surface area contributed by atoms with Crippen LogP contribution in [0, 0.1) is 0 Å². The molecule has 0 bridgehead atoms. The zero-order chi connectivity index (χ0) is 15.9. The van der Waals surface area contributed by atoms with Gasteiger partial charge in [0, 0.05) is 30.4 Å². The molecule has 2 heterocycles. The number of anilines is 2. The van der Waals surface area contributed by atoms with E-state index in [9.17, 15) is 20.1 Å². The molecule has 1 aliphatic heterocycles. The van der Waals surface area contributed by atoms with Crippen molar-refractivity contribution in [2.45, 2.75) is 12.2 Å². The number of phenolic OH excluding ortho intramolecular Hbond substituents is 1. The third-order valence-corrected chi connectivity index (χ3v) is 3.64. The lowest BCUT2D eigenvalue weighted by Crippen LogP contribution is -2.22. The molecule has 1 aromatic carbocycles. The number of nitrogens with zero attached hydrogens (tertiary/aromatic N) is 2. The molecule has 8 heteroatoms. The predicted molar refractivity (Wildman–Crippen MR) is 80.6 cm³/mol. The van der Waals surface area contributed by atoms with Crippen LogP contribution in [-0.4, -0.2) is 50.6 Å². The maximum absolute atomic E-state index is 11.5. The van der Waals surface area contributed by atoms with Gasteiger partial charge in [-0.05, 0) is 18.2 Å². The molecule has 0 aliphatic carbocycles. The van der Waals surface area contributed by atoms with E-state index >= 15 is 0 Å². The first kappa shape index (κ1) is 14.4. The van der Waals surface area contributed by atoms with Gasteiger partial charge in [0.15, 0.2) is 0 Å². The number of aromatic nitrogens is 2. The standard InChI is InChI=1S/C14H16N4O4/c15-14-16-9(4-13(22)17-14)8-3-7(1-2-10(8)19)18-5-11(20)12(21)6-18/h1-4,11-12,19-21H,5-6H2,(H3,15,16,17,22)/t11-,12-/m0/s1. The van der Waals surface area contributed by atoms with Crippen LogP contribution in [0.25, 0.3) is 11.3 Å². The summed E-state index contributed by atoms with van der Waals surface area (Å²) in [7, 11) is 0. The van der Waals surface area contributed by atoms with Crippen LogP contribution in [0.1, 0.15) is 0 Å². The molecule has 8 nitrogen and oxygen atoms in total. The van der Waals surface area contributed by atoms with E-state index in [0.29, 0.717) is 11.3 Å². The van der Waals surface area contributed by atoms with Crippen molar-refractivity contribution in [3.05, 3.63) is 34.6 Å². The summed E-state index contributed by atoms with van der Waals surface area (Å²) in [5, 5.41) is 29.3. The van der Waals surface area contributed by atoms with Gasteiger partial charge in [0.05, 0.1) is 17.9 Å². The normalized spacial score (nSPS) is 21.3. The lowest BCUT2D eigenvalue weighted by molar-refractivity contribution is 0.0572. The van der Waals surface area contributed by atoms with Crippen molar-refractivity contribution >= 4 is 11.6 Å². The maximum atomic E-state index is 11.5. The minimum Gasteiger partial charge on any atom is -0.507 e. The number of benzene rings is 1. The summed E-state index contributed by atoms with van der Waals surface area (Å²) in [5.74, 6) is -0.0825. The molecule has 0 unspecified atom stereocenters. The molecule has 0 spiro atoms. The highest BCUT2D eigenvalue weighted by molar-refractivity contribution is 5.72. The topological polar surface area (TPSA) is 136 Å². The number of aliphatic hydroxyl groups is 2. The highest BCUT2D eigenvalue weighted by atomic mass is 16.3. The van der Waals surface area contributed by atoms with Crippen molar-refractivity contribution in [3.8, 4) is 17.0 Å². The molecule has 1 aliphatic rings. The molecule has 22 heavy (non-hydrogen) atoms. The van der Waals surface area contributed by atoms with Gasteiger partial charge in [0.1, 0.15) is 5.75 Å². The first-order valence-corrected chi connectivity index (χ1v) is 6.75. The Morgan fingerprint density at radius 1 is 1.23 bits per heavy atom. The number of aliphatic hydroxyl groups excluding tert-OH is 2. The molecular formula is C14H16N4O4. The van der Waals surface area contributed by atoms with Crippen molar-refractivity contribution in [1.82, 2.24) is 9.97 Å². The first-order chi connectivity index (χ1) is 10.4. The van der Waals surface area contributed by atoms with E-state index in [-0.39, 0.29) is 30.5 Å². The fraction of sp³-hybridized carbons (Fsp3) is 0.286. The lowest BCUT2D eigenvalue weighted by Gasteiger charge is -2.19. The van der Waals surface area contributed by atoms with Crippen LogP contribution in [-0.2, 0) is 0 Å². The van der Waals surface area contributed by atoms with E-state index in [1.807, 2.05) is 0 Å². The van der Waals surface area contributed by atoms with E-state index in [0.717, 1.165) is 0 Å².